The van der Waals surface area contributed by atoms with Gasteiger partial charge in [0.05, 0.1) is 6.54 Å². The summed E-state index contributed by atoms with van der Waals surface area (Å²) in [5, 5.41) is 4.74. The van der Waals surface area contributed by atoms with Gasteiger partial charge in [-0.05, 0) is 18.8 Å². The molecule has 0 fully saturated rings. The number of carbonyl (C=O) groups excluding carboxylic acids is 1. The Bertz CT molecular complexity index is 309. The van der Waals surface area contributed by atoms with Crippen LogP contribution in [0.25, 0.3) is 0 Å². The minimum atomic E-state index is -0.278. The number of nitrogens with zero attached hydrogens (tertiary/aromatic N) is 1. The number of thioether (sulfide) groups is 1. The van der Waals surface area contributed by atoms with Crippen LogP contribution in [0.15, 0.2) is 4.99 Å². The zero-order chi connectivity index (χ0) is 13.1. The first-order chi connectivity index (χ1) is 7.76. The van der Waals surface area contributed by atoms with Gasteiger partial charge in [-0.25, -0.2) is 0 Å². The normalized spacial score (nSPS) is 22.1. The van der Waals surface area contributed by atoms with Gasteiger partial charge in [0.25, 0.3) is 0 Å². The largest absolute Gasteiger partial charge is 0.370 e. The predicted molar refractivity (Wildman–Crippen MR) is 74.2 cm³/mol. The topological polar surface area (TPSA) is 67.5 Å². The van der Waals surface area contributed by atoms with Crippen molar-refractivity contribution in [3.05, 3.63) is 0 Å². The standard InChI is InChI=1S/C12H23N3OS/c1-8(5-10(13)16)15-11-14-7-9(17-11)6-12(2,3)4/h8-9H,5-7H2,1-4H3,(H2,13,16)(H,14,15). The third kappa shape index (κ3) is 5.96. The maximum atomic E-state index is 10.8. The highest BCUT2D eigenvalue weighted by Gasteiger charge is 2.25. The summed E-state index contributed by atoms with van der Waals surface area (Å²) in [6.07, 6.45) is 1.50. The number of rotatable bonds is 4. The number of carbonyl (C=O) groups is 1. The van der Waals surface area contributed by atoms with Crippen LogP contribution in [0.3, 0.4) is 0 Å². The van der Waals surface area contributed by atoms with Crippen LogP contribution in [-0.4, -0.2) is 28.9 Å². The van der Waals surface area contributed by atoms with Gasteiger partial charge in [0.15, 0.2) is 5.17 Å². The highest BCUT2D eigenvalue weighted by Crippen LogP contribution is 2.31. The van der Waals surface area contributed by atoms with Crippen molar-refractivity contribution in [1.82, 2.24) is 5.32 Å². The molecule has 0 saturated heterocycles. The molecule has 17 heavy (non-hydrogen) atoms. The van der Waals surface area contributed by atoms with E-state index in [0.29, 0.717) is 17.1 Å². The molecule has 0 bridgehead atoms. The van der Waals surface area contributed by atoms with Crippen LogP contribution in [0.2, 0.25) is 0 Å². The van der Waals surface area contributed by atoms with Gasteiger partial charge >= 0.3 is 0 Å². The number of aliphatic imine (C=N–C) groups is 1. The van der Waals surface area contributed by atoms with Crippen molar-refractivity contribution in [2.75, 3.05) is 6.54 Å². The van der Waals surface area contributed by atoms with Crippen LogP contribution in [0.4, 0.5) is 0 Å². The lowest BCUT2D eigenvalue weighted by Gasteiger charge is -2.22. The van der Waals surface area contributed by atoms with Crippen LogP contribution in [-0.2, 0) is 4.79 Å². The van der Waals surface area contributed by atoms with Gasteiger partial charge in [-0.2, -0.15) is 0 Å². The molecule has 4 nitrogen and oxygen atoms in total. The van der Waals surface area contributed by atoms with Gasteiger partial charge < -0.3 is 11.1 Å². The Balaban J connectivity index is 2.32. The molecule has 0 spiro atoms. The number of primary amides is 1. The maximum absolute atomic E-state index is 10.8. The lowest BCUT2D eigenvalue weighted by atomic mass is 9.90. The van der Waals surface area contributed by atoms with Gasteiger partial charge in [-0.1, -0.05) is 32.5 Å². The van der Waals surface area contributed by atoms with Gasteiger partial charge in [-0.3, -0.25) is 9.79 Å². The van der Waals surface area contributed by atoms with E-state index in [4.69, 9.17) is 5.73 Å². The van der Waals surface area contributed by atoms with E-state index in [0.717, 1.165) is 18.1 Å². The molecule has 3 N–H and O–H groups in total. The lowest BCUT2D eigenvalue weighted by molar-refractivity contribution is -0.118. The van der Waals surface area contributed by atoms with Crippen LogP contribution < -0.4 is 11.1 Å². The van der Waals surface area contributed by atoms with Gasteiger partial charge in [0.2, 0.25) is 5.91 Å². The minimum absolute atomic E-state index is 0.0622. The molecule has 1 heterocycles. The highest BCUT2D eigenvalue weighted by molar-refractivity contribution is 8.14. The molecule has 5 heteroatoms. The zero-order valence-electron chi connectivity index (χ0n) is 11.1. The molecule has 0 aromatic carbocycles. The molecule has 0 radical (unpaired) electrons. The first kappa shape index (κ1) is 14.4. The predicted octanol–water partition coefficient (Wildman–Crippen LogP) is 1.75. The van der Waals surface area contributed by atoms with Crippen molar-refractivity contribution in [3.63, 3.8) is 0 Å². The van der Waals surface area contributed by atoms with Crippen LogP contribution in [0.1, 0.15) is 40.5 Å². The van der Waals surface area contributed by atoms with Gasteiger partial charge in [0.1, 0.15) is 0 Å². The van der Waals surface area contributed by atoms with E-state index in [1.165, 1.54) is 0 Å². The molecule has 0 aromatic heterocycles. The second-order valence-corrected chi connectivity index (χ2v) is 7.16. The summed E-state index contributed by atoms with van der Waals surface area (Å²) in [6, 6.07) is 0.0622. The molecular weight excluding hydrogens is 234 g/mol. The molecule has 2 atom stereocenters. The maximum Gasteiger partial charge on any atom is 0.219 e. The Kier molecular flexibility index (Phi) is 4.86. The van der Waals surface area contributed by atoms with E-state index in [9.17, 15) is 4.79 Å². The highest BCUT2D eigenvalue weighted by atomic mass is 32.2. The molecule has 0 aromatic rings. The molecule has 98 valence electrons. The first-order valence-electron chi connectivity index (χ1n) is 6.02. The van der Waals surface area contributed by atoms with E-state index in [1.54, 1.807) is 11.8 Å². The van der Waals surface area contributed by atoms with Crippen molar-refractivity contribution in [2.45, 2.75) is 51.8 Å². The van der Waals surface area contributed by atoms with Crippen molar-refractivity contribution in [1.29, 1.82) is 0 Å². The molecule has 2 unspecified atom stereocenters. The Labute approximate surface area is 108 Å². The lowest BCUT2D eigenvalue weighted by Crippen LogP contribution is -2.33. The Hall–Kier alpha value is -0.710. The molecule has 0 saturated carbocycles. The summed E-state index contributed by atoms with van der Waals surface area (Å²) >= 11 is 1.78. The second-order valence-electron chi connectivity index (χ2n) is 5.87. The SMILES string of the molecule is CC(CC(N)=O)NC1=NCC(CC(C)(C)C)S1. The van der Waals surface area contributed by atoms with Crippen molar-refractivity contribution >= 4 is 22.8 Å². The zero-order valence-corrected chi connectivity index (χ0v) is 11.9. The smallest absolute Gasteiger partial charge is 0.219 e. The van der Waals surface area contributed by atoms with E-state index in [1.807, 2.05) is 6.92 Å². The summed E-state index contributed by atoms with van der Waals surface area (Å²) in [7, 11) is 0. The summed E-state index contributed by atoms with van der Waals surface area (Å²) in [5.74, 6) is -0.278. The fraction of sp³-hybridized carbons (Fsp3) is 0.833. The number of nitrogens with one attached hydrogen (secondary N) is 1. The third-order valence-electron chi connectivity index (χ3n) is 2.43. The fourth-order valence-electron chi connectivity index (χ4n) is 1.85. The number of nitrogens with two attached hydrogens (primary N) is 1. The number of hydrogen-bond acceptors (Lipinski definition) is 4. The summed E-state index contributed by atoms with van der Waals surface area (Å²) in [4.78, 5) is 15.2. The minimum Gasteiger partial charge on any atom is -0.370 e. The van der Waals surface area contributed by atoms with E-state index < -0.39 is 0 Å². The van der Waals surface area contributed by atoms with Crippen LogP contribution in [0.5, 0.6) is 0 Å². The third-order valence-corrected chi connectivity index (χ3v) is 3.55. The number of amidine groups is 1. The fourth-order valence-corrected chi connectivity index (χ4v) is 3.32. The van der Waals surface area contributed by atoms with Crippen molar-refractivity contribution in [2.24, 2.45) is 16.1 Å². The Morgan fingerprint density at radius 2 is 2.29 bits per heavy atom. The van der Waals surface area contributed by atoms with Crippen LogP contribution in [0, 0.1) is 5.41 Å². The Morgan fingerprint density at radius 3 is 2.82 bits per heavy atom. The van der Waals surface area contributed by atoms with Gasteiger partial charge in [-0.15, -0.1) is 0 Å². The number of hydrogen-bond donors (Lipinski definition) is 2. The quantitative estimate of drug-likeness (QED) is 0.806. The molecular formula is C12H23N3OS. The van der Waals surface area contributed by atoms with Crippen LogP contribution >= 0.6 is 11.8 Å². The van der Waals surface area contributed by atoms with E-state index in [2.05, 4.69) is 31.1 Å². The monoisotopic (exact) mass is 257 g/mol. The van der Waals surface area contributed by atoms with E-state index in [-0.39, 0.29) is 11.9 Å². The summed E-state index contributed by atoms with van der Waals surface area (Å²) < 4.78 is 0. The molecule has 0 aliphatic carbocycles. The Morgan fingerprint density at radius 1 is 1.65 bits per heavy atom. The molecule has 1 amide bonds. The summed E-state index contributed by atoms with van der Waals surface area (Å²) in [5.41, 5.74) is 5.49. The molecule has 1 rings (SSSR count). The van der Waals surface area contributed by atoms with Crippen molar-refractivity contribution < 1.29 is 4.79 Å². The average Bonchev–Trinajstić information content (AvgIpc) is 2.46. The second kappa shape index (κ2) is 5.76. The molecule has 1 aliphatic rings. The first-order valence-corrected chi connectivity index (χ1v) is 6.90. The van der Waals surface area contributed by atoms with Crippen molar-refractivity contribution in [3.8, 4) is 0 Å². The molecule has 1 aliphatic heterocycles. The average molecular weight is 257 g/mol. The van der Waals surface area contributed by atoms with E-state index >= 15 is 0 Å². The summed E-state index contributed by atoms with van der Waals surface area (Å²) in [6.45, 7) is 9.55. The van der Waals surface area contributed by atoms with Gasteiger partial charge in [0, 0.05) is 17.7 Å². The number of amides is 1.